The van der Waals surface area contributed by atoms with Crippen molar-refractivity contribution in [3.05, 3.63) is 92.2 Å². The van der Waals surface area contributed by atoms with Crippen LogP contribution in [0.15, 0.2) is 53.9 Å². The van der Waals surface area contributed by atoms with Gasteiger partial charge in [0.05, 0.1) is 23.7 Å². The Morgan fingerprint density at radius 3 is 2.05 bits per heavy atom. The Bertz CT molecular complexity index is 1410. The second-order valence-corrected chi connectivity index (χ2v) is 11.2. The summed E-state index contributed by atoms with van der Waals surface area (Å²) in [7, 11) is 0. The van der Waals surface area contributed by atoms with Gasteiger partial charge in [0.2, 0.25) is 5.91 Å². The van der Waals surface area contributed by atoms with Crippen molar-refractivity contribution in [2.75, 3.05) is 39.3 Å². The molecule has 1 saturated heterocycles. The van der Waals surface area contributed by atoms with E-state index in [2.05, 4.69) is 22.4 Å². The predicted octanol–water partition coefficient (Wildman–Crippen LogP) is 6.03. The van der Waals surface area contributed by atoms with Crippen LogP contribution in [0.1, 0.15) is 49.1 Å². The van der Waals surface area contributed by atoms with E-state index in [0.717, 1.165) is 17.5 Å². The zero-order valence-corrected chi connectivity index (χ0v) is 22.9. The number of alkyl halides is 6. The zero-order chi connectivity index (χ0) is 29.5. The van der Waals surface area contributed by atoms with Crippen LogP contribution >= 0.6 is 11.3 Å². The summed E-state index contributed by atoms with van der Waals surface area (Å²) in [4.78, 5) is 32.5. The Morgan fingerprint density at radius 2 is 1.44 bits per heavy atom. The van der Waals surface area contributed by atoms with Crippen LogP contribution < -0.4 is 0 Å². The summed E-state index contributed by atoms with van der Waals surface area (Å²) in [6.07, 6.45) is -9.27. The molecule has 1 unspecified atom stereocenters. The summed E-state index contributed by atoms with van der Waals surface area (Å²) in [6.45, 7) is 3.12. The molecule has 0 saturated carbocycles. The number of carbonyl (C=O) groups excluding carboxylic acids is 2. The lowest BCUT2D eigenvalue weighted by molar-refractivity contribution is -0.143. The van der Waals surface area contributed by atoms with Gasteiger partial charge in [0, 0.05) is 43.2 Å². The number of amides is 2. The Kier molecular flexibility index (Phi) is 7.90. The van der Waals surface area contributed by atoms with Gasteiger partial charge in [0.1, 0.15) is 0 Å². The fourth-order valence-corrected chi connectivity index (χ4v) is 6.39. The third-order valence-corrected chi connectivity index (χ3v) is 8.64. The molecule has 218 valence electrons. The first-order valence-corrected chi connectivity index (χ1v) is 13.9. The molecule has 3 aromatic rings. The van der Waals surface area contributed by atoms with Crippen molar-refractivity contribution in [3.8, 4) is 0 Å². The van der Waals surface area contributed by atoms with Gasteiger partial charge in [-0.15, -0.1) is 11.3 Å². The van der Waals surface area contributed by atoms with Gasteiger partial charge in [-0.2, -0.15) is 26.3 Å². The molecule has 2 aliphatic heterocycles. The highest BCUT2D eigenvalue weighted by atomic mass is 32.1. The maximum Gasteiger partial charge on any atom is 0.416 e. The van der Waals surface area contributed by atoms with Crippen LogP contribution in [0.5, 0.6) is 0 Å². The van der Waals surface area contributed by atoms with Crippen molar-refractivity contribution in [1.29, 1.82) is 0 Å². The molecular formula is C29H27F6N3O2S. The summed E-state index contributed by atoms with van der Waals surface area (Å²) in [5.41, 5.74) is -0.351. The smallest absolute Gasteiger partial charge is 0.338 e. The van der Waals surface area contributed by atoms with E-state index in [0.29, 0.717) is 18.7 Å². The van der Waals surface area contributed by atoms with Crippen LogP contribution in [0, 0.1) is 6.92 Å². The van der Waals surface area contributed by atoms with Crippen LogP contribution in [-0.4, -0.2) is 65.8 Å². The number of piperazine rings is 1. The number of halogens is 6. The first kappa shape index (κ1) is 29.1. The molecule has 5 rings (SSSR count). The SMILES string of the molecule is Cc1ccccc1C1c2ccsc2CCN1CC(=O)N1CCN(C(=O)c2cc(C(F)(F)F)cc(C(F)(F)F)c2)CC1. The Morgan fingerprint density at radius 1 is 0.829 bits per heavy atom. The van der Waals surface area contributed by atoms with E-state index < -0.39 is 35.0 Å². The minimum Gasteiger partial charge on any atom is -0.338 e. The highest BCUT2D eigenvalue weighted by molar-refractivity contribution is 7.10. The van der Waals surface area contributed by atoms with Crippen LogP contribution in [0.3, 0.4) is 0 Å². The number of thiophene rings is 1. The number of hydrogen-bond acceptors (Lipinski definition) is 4. The van der Waals surface area contributed by atoms with Gasteiger partial charge in [-0.05, 0) is 59.7 Å². The van der Waals surface area contributed by atoms with Gasteiger partial charge in [0.25, 0.3) is 5.91 Å². The van der Waals surface area contributed by atoms with E-state index in [1.165, 1.54) is 15.3 Å². The molecule has 1 fully saturated rings. The number of benzene rings is 2. The summed E-state index contributed by atoms with van der Waals surface area (Å²) < 4.78 is 79.5. The van der Waals surface area contributed by atoms with Crippen molar-refractivity contribution >= 4 is 23.2 Å². The normalized spacial score (nSPS) is 18.4. The van der Waals surface area contributed by atoms with Gasteiger partial charge in [-0.1, -0.05) is 24.3 Å². The fraction of sp³-hybridized carbons (Fsp3) is 0.379. The van der Waals surface area contributed by atoms with Crippen molar-refractivity contribution in [1.82, 2.24) is 14.7 Å². The van der Waals surface area contributed by atoms with Crippen molar-refractivity contribution in [2.45, 2.75) is 31.7 Å². The molecule has 2 aromatic carbocycles. The highest BCUT2D eigenvalue weighted by Gasteiger charge is 2.39. The number of nitrogens with zero attached hydrogens (tertiary/aromatic N) is 3. The third-order valence-electron chi connectivity index (χ3n) is 7.64. The van der Waals surface area contributed by atoms with Crippen molar-refractivity contribution < 1.29 is 35.9 Å². The minimum absolute atomic E-state index is 0.00191. The summed E-state index contributed by atoms with van der Waals surface area (Å²) in [5.74, 6) is -1.08. The minimum atomic E-state index is -5.05. The first-order valence-electron chi connectivity index (χ1n) is 13.1. The maximum absolute atomic E-state index is 13.4. The van der Waals surface area contributed by atoms with Crippen molar-refractivity contribution in [3.63, 3.8) is 0 Å². The molecule has 2 amide bonds. The first-order chi connectivity index (χ1) is 19.3. The number of hydrogen-bond donors (Lipinski definition) is 0. The second kappa shape index (κ2) is 11.1. The second-order valence-electron chi connectivity index (χ2n) is 10.2. The number of aryl methyl sites for hydroxylation is 1. The maximum atomic E-state index is 13.4. The highest BCUT2D eigenvalue weighted by Crippen LogP contribution is 2.39. The molecular weight excluding hydrogens is 568 g/mol. The quantitative estimate of drug-likeness (QED) is 0.347. The Hall–Kier alpha value is -3.38. The van der Waals surface area contributed by atoms with Crippen LogP contribution in [0.4, 0.5) is 26.3 Å². The van der Waals surface area contributed by atoms with E-state index in [4.69, 9.17) is 0 Å². The lowest BCUT2D eigenvalue weighted by Gasteiger charge is -2.39. The zero-order valence-electron chi connectivity index (χ0n) is 22.1. The molecule has 0 aliphatic carbocycles. The molecule has 5 nitrogen and oxygen atoms in total. The Labute approximate surface area is 237 Å². The average Bonchev–Trinajstić information content (AvgIpc) is 3.41. The van der Waals surface area contributed by atoms with Gasteiger partial charge in [-0.3, -0.25) is 14.5 Å². The topological polar surface area (TPSA) is 43.9 Å². The summed E-state index contributed by atoms with van der Waals surface area (Å²) in [6, 6.07) is 10.9. The van der Waals surface area contributed by atoms with Gasteiger partial charge in [0.15, 0.2) is 0 Å². The molecule has 0 bridgehead atoms. The standard InChI is InChI=1S/C29H27F6N3O2S/c1-18-4-2-3-5-22(18)26-23-7-13-41-24(23)6-8-38(26)17-25(39)36-9-11-37(12-10-36)27(40)19-14-20(28(30,31)32)16-21(15-19)29(33,34)35/h2-5,7,13-16,26H,6,8-12,17H2,1H3. The number of fused-ring (bicyclic) bond motifs is 1. The van der Waals surface area contributed by atoms with Crippen molar-refractivity contribution in [2.24, 2.45) is 0 Å². The van der Waals surface area contributed by atoms with Gasteiger partial charge < -0.3 is 9.80 Å². The van der Waals surface area contributed by atoms with Crippen LogP contribution in [0.2, 0.25) is 0 Å². The van der Waals surface area contributed by atoms with E-state index >= 15 is 0 Å². The predicted molar refractivity (Wildman–Crippen MR) is 142 cm³/mol. The van der Waals surface area contributed by atoms with E-state index in [9.17, 15) is 35.9 Å². The molecule has 0 radical (unpaired) electrons. The molecule has 0 spiro atoms. The molecule has 3 heterocycles. The van der Waals surface area contributed by atoms with Gasteiger partial charge >= 0.3 is 12.4 Å². The molecule has 1 aromatic heterocycles. The van der Waals surface area contributed by atoms with Crippen LogP contribution in [-0.2, 0) is 23.6 Å². The van der Waals surface area contributed by atoms with Crippen LogP contribution in [0.25, 0.3) is 0 Å². The van der Waals surface area contributed by atoms with E-state index in [-0.39, 0.29) is 50.7 Å². The van der Waals surface area contributed by atoms with E-state index in [1.807, 2.05) is 25.1 Å². The molecule has 1 atom stereocenters. The number of carbonyl (C=O) groups is 2. The molecule has 12 heteroatoms. The summed E-state index contributed by atoms with van der Waals surface area (Å²) in [5, 5.41) is 2.06. The van der Waals surface area contributed by atoms with E-state index in [1.54, 1.807) is 16.2 Å². The third kappa shape index (κ3) is 6.13. The molecule has 2 aliphatic rings. The molecule has 0 N–H and O–H groups in total. The average molecular weight is 596 g/mol. The summed E-state index contributed by atoms with van der Waals surface area (Å²) >= 11 is 1.70. The largest absolute Gasteiger partial charge is 0.416 e. The molecule has 41 heavy (non-hydrogen) atoms. The lowest BCUT2D eigenvalue weighted by atomic mass is 9.90. The number of rotatable bonds is 4. The lowest BCUT2D eigenvalue weighted by Crippen LogP contribution is -2.53. The Balaban J connectivity index is 1.28. The monoisotopic (exact) mass is 595 g/mol. The fourth-order valence-electron chi connectivity index (χ4n) is 5.49. The van der Waals surface area contributed by atoms with Gasteiger partial charge in [-0.25, -0.2) is 0 Å².